The van der Waals surface area contributed by atoms with Crippen LogP contribution in [0.2, 0.25) is 0 Å². The van der Waals surface area contributed by atoms with E-state index < -0.39 is 128 Å². The van der Waals surface area contributed by atoms with Crippen LogP contribution < -0.4 is 0 Å². The van der Waals surface area contributed by atoms with Crippen LogP contribution in [0.3, 0.4) is 0 Å². The zero-order valence-electron chi connectivity index (χ0n) is 31.6. The van der Waals surface area contributed by atoms with Crippen LogP contribution in [0.15, 0.2) is 24.3 Å². The number of esters is 1. The van der Waals surface area contributed by atoms with E-state index in [2.05, 4.69) is 0 Å². The Morgan fingerprint density at radius 3 is 2.21 bits per heavy atom. The smallest absolute Gasteiger partial charge is 0.459 e. The number of ether oxygens (including phenoxy) is 10. The zero-order valence-corrected chi connectivity index (χ0v) is 31.6. The highest BCUT2D eigenvalue weighted by Crippen LogP contribution is 2.42. The van der Waals surface area contributed by atoms with E-state index in [1.807, 2.05) is 13.8 Å². The van der Waals surface area contributed by atoms with Crippen molar-refractivity contribution in [2.45, 2.75) is 140 Å². The van der Waals surface area contributed by atoms with Gasteiger partial charge in [-0.3, -0.25) is 4.79 Å². The summed E-state index contributed by atoms with van der Waals surface area (Å²) in [7, 11) is 2.93. The first-order valence-electron chi connectivity index (χ1n) is 18.4. The van der Waals surface area contributed by atoms with Gasteiger partial charge >= 0.3 is 12.1 Å². The lowest BCUT2D eigenvalue weighted by Crippen LogP contribution is -2.62. The molecule has 4 saturated heterocycles. The van der Waals surface area contributed by atoms with Gasteiger partial charge in [-0.1, -0.05) is 19.9 Å². The van der Waals surface area contributed by atoms with Gasteiger partial charge in [0, 0.05) is 44.5 Å². The van der Waals surface area contributed by atoms with Crippen molar-refractivity contribution in [3.63, 3.8) is 0 Å². The number of aliphatic hydroxyl groups excluding tert-OH is 3. The van der Waals surface area contributed by atoms with Gasteiger partial charge in [-0.15, -0.1) is 0 Å². The van der Waals surface area contributed by atoms with Crippen molar-refractivity contribution in [1.29, 1.82) is 0 Å². The Labute approximate surface area is 309 Å². The van der Waals surface area contributed by atoms with Crippen molar-refractivity contribution in [2.24, 2.45) is 23.7 Å². The molecule has 0 aromatic rings. The van der Waals surface area contributed by atoms with Crippen molar-refractivity contribution in [3.8, 4) is 0 Å². The molecule has 16 nitrogen and oxygen atoms in total. The van der Waals surface area contributed by atoms with Gasteiger partial charge in [-0.05, 0) is 52.2 Å². The minimum absolute atomic E-state index is 0.0105. The third-order valence-corrected chi connectivity index (χ3v) is 11.2. The predicted octanol–water partition coefficient (Wildman–Crippen LogP) is 1.60. The normalized spacial score (nSPS) is 46.8. The van der Waals surface area contributed by atoms with Crippen molar-refractivity contribution in [1.82, 2.24) is 0 Å². The molecular weight excluding hydrogens is 700 g/mol. The molecule has 0 aliphatic carbocycles. The second kappa shape index (κ2) is 17.5. The Morgan fingerprint density at radius 2 is 1.57 bits per heavy atom. The highest BCUT2D eigenvalue weighted by molar-refractivity contribution is 5.92. The second-order valence-electron chi connectivity index (χ2n) is 15.0. The van der Waals surface area contributed by atoms with Crippen LogP contribution in [-0.4, -0.2) is 146 Å². The molecule has 4 fully saturated rings. The molecule has 0 aromatic carbocycles. The lowest BCUT2D eigenvalue weighted by atomic mass is 9.82. The lowest BCUT2D eigenvalue weighted by molar-refractivity contribution is -0.308. The number of hydrogen-bond acceptors (Lipinski definition) is 16. The number of fused-ring (bicyclic) bond motifs is 1. The SMILES string of the molecule is COC1C(OCC2C(C)OC(=O)C=CC(C)C(OC3OC(C)CC4(OC(=O)OC4C)C3O)C(C)CC(CO)C(=O)C=CC3OC32)OC(C)C(O)C1OC. The summed E-state index contributed by atoms with van der Waals surface area (Å²) in [6.07, 6.45) is -4.84. The largest absolute Gasteiger partial charge is 0.509 e. The van der Waals surface area contributed by atoms with E-state index in [1.165, 1.54) is 26.4 Å². The highest BCUT2D eigenvalue weighted by Gasteiger charge is 2.61. The number of methoxy groups -OCH3 is 2. The van der Waals surface area contributed by atoms with Crippen LogP contribution in [0.1, 0.15) is 54.4 Å². The summed E-state index contributed by atoms with van der Waals surface area (Å²) in [5, 5.41) is 32.3. The third-order valence-electron chi connectivity index (χ3n) is 11.2. The Bertz CT molecular complexity index is 1340. The zero-order chi connectivity index (χ0) is 38.8. The summed E-state index contributed by atoms with van der Waals surface area (Å²) in [4.78, 5) is 38.8. The fourth-order valence-corrected chi connectivity index (χ4v) is 8.02. The fourth-order valence-electron chi connectivity index (χ4n) is 8.02. The first kappa shape index (κ1) is 41.6. The Morgan fingerprint density at radius 1 is 0.849 bits per heavy atom. The predicted molar refractivity (Wildman–Crippen MR) is 182 cm³/mol. The molecule has 1 spiro atoms. The lowest BCUT2D eigenvalue weighted by Gasteiger charge is -2.46. The summed E-state index contributed by atoms with van der Waals surface area (Å²) in [6.45, 7) is 10.1. The minimum atomic E-state index is -1.41. The maximum Gasteiger partial charge on any atom is 0.509 e. The van der Waals surface area contributed by atoms with Gasteiger partial charge in [0.1, 0.15) is 42.7 Å². The molecule has 0 amide bonds. The van der Waals surface area contributed by atoms with Gasteiger partial charge in [0.2, 0.25) is 0 Å². The van der Waals surface area contributed by atoms with Crippen molar-refractivity contribution < 1.29 is 77.1 Å². The summed E-state index contributed by atoms with van der Waals surface area (Å²) >= 11 is 0. The van der Waals surface area contributed by atoms with Gasteiger partial charge in [0.05, 0.1) is 37.6 Å². The molecule has 18 atom stereocenters. The molecule has 5 aliphatic rings. The molecule has 16 heteroatoms. The van der Waals surface area contributed by atoms with E-state index in [0.29, 0.717) is 0 Å². The quantitative estimate of drug-likeness (QED) is 0.237. The molecule has 3 N–H and O–H groups in total. The van der Waals surface area contributed by atoms with E-state index >= 15 is 0 Å². The van der Waals surface area contributed by atoms with Crippen molar-refractivity contribution in [2.75, 3.05) is 27.4 Å². The van der Waals surface area contributed by atoms with Gasteiger partial charge in [0.25, 0.3) is 0 Å². The van der Waals surface area contributed by atoms with Gasteiger partial charge in [-0.2, -0.15) is 0 Å². The van der Waals surface area contributed by atoms with Crippen LogP contribution >= 0.6 is 0 Å². The van der Waals surface area contributed by atoms with Crippen molar-refractivity contribution >= 4 is 17.9 Å². The number of epoxide rings is 1. The number of cyclic esters (lactones) is 2. The monoisotopic (exact) mass is 756 g/mol. The van der Waals surface area contributed by atoms with E-state index in [1.54, 1.807) is 39.8 Å². The van der Waals surface area contributed by atoms with Crippen LogP contribution in [0.4, 0.5) is 4.79 Å². The number of rotatable bonds is 8. The molecule has 53 heavy (non-hydrogen) atoms. The molecule has 0 radical (unpaired) electrons. The Balaban J connectivity index is 1.36. The molecule has 5 rings (SSSR count). The summed E-state index contributed by atoms with van der Waals surface area (Å²) in [5.41, 5.74) is -1.39. The molecule has 300 valence electrons. The molecule has 0 bridgehead atoms. The van der Waals surface area contributed by atoms with Crippen LogP contribution in [0.5, 0.6) is 0 Å². The van der Waals surface area contributed by atoms with Crippen LogP contribution in [0.25, 0.3) is 0 Å². The second-order valence-corrected chi connectivity index (χ2v) is 15.0. The van der Waals surface area contributed by atoms with Crippen LogP contribution in [-0.2, 0) is 57.0 Å². The minimum Gasteiger partial charge on any atom is -0.459 e. The molecule has 0 saturated carbocycles. The van der Waals surface area contributed by atoms with E-state index in [9.17, 15) is 29.7 Å². The first-order chi connectivity index (χ1) is 25.1. The van der Waals surface area contributed by atoms with E-state index in [0.717, 1.165) is 0 Å². The fraction of sp³-hybridized carbons (Fsp3) is 0.811. The Kier molecular flexibility index (Phi) is 13.8. The number of hydrogen-bond donors (Lipinski definition) is 3. The summed E-state index contributed by atoms with van der Waals surface area (Å²) in [6, 6.07) is 0. The maximum absolute atomic E-state index is 13.4. The summed E-state index contributed by atoms with van der Waals surface area (Å²) in [5.74, 6) is -3.13. The average molecular weight is 757 g/mol. The maximum atomic E-state index is 13.4. The third kappa shape index (κ3) is 9.14. The number of aliphatic hydroxyl groups is 3. The molecule has 18 unspecified atom stereocenters. The number of allylic oxidation sites excluding steroid dienone is 1. The molecule has 0 aromatic heterocycles. The number of ketones is 1. The van der Waals surface area contributed by atoms with Crippen LogP contribution in [0, 0.1) is 23.7 Å². The topological polar surface area (TPSA) is 207 Å². The molecular formula is C37H56O16. The van der Waals surface area contributed by atoms with Gasteiger partial charge in [0.15, 0.2) is 24.0 Å². The first-order valence-corrected chi connectivity index (χ1v) is 18.4. The van der Waals surface area contributed by atoms with E-state index in [4.69, 9.17) is 47.4 Å². The molecule has 5 aliphatic heterocycles. The standard InChI is InChI=1S/C37H56O16/c1-17-9-12-27(40)48-20(4)24(16-46-34-32(45-8)31(44-7)28(41)21(5)49-34)30-26(51-30)11-10-25(39)23(15-38)13-18(2)29(17)52-35-33(42)37(14-19(3)47-35)22(6)50-36(43)53-37/h9-12,17-24,26,28-35,38,41-42H,13-16H2,1-8H3. The highest BCUT2D eigenvalue weighted by atomic mass is 16.8. The van der Waals surface area contributed by atoms with E-state index in [-0.39, 0.29) is 25.2 Å². The summed E-state index contributed by atoms with van der Waals surface area (Å²) < 4.78 is 58.2. The van der Waals surface area contributed by atoms with Crippen molar-refractivity contribution in [3.05, 3.63) is 24.3 Å². The Hall–Kier alpha value is -2.51. The number of carbonyl (C=O) groups is 3. The average Bonchev–Trinajstić information content (AvgIpc) is 3.82. The molecule has 5 heterocycles. The van der Waals surface area contributed by atoms with Gasteiger partial charge < -0.3 is 62.7 Å². The van der Waals surface area contributed by atoms with Gasteiger partial charge in [-0.25, -0.2) is 9.59 Å². The number of carbonyl (C=O) groups excluding carboxylic acids is 3.